The fraction of sp³-hybridized carbons (Fsp3) is 0.125. The molecule has 2 aromatic rings. The number of rotatable bonds is 3. The van der Waals surface area contributed by atoms with Gasteiger partial charge in [0.2, 0.25) is 0 Å². The number of nitriles is 1. The number of nitrogen functional groups attached to an aromatic ring is 1. The van der Waals surface area contributed by atoms with Gasteiger partial charge in [0.15, 0.2) is 0 Å². The fourth-order valence-electron chi connectivity index (χ4n) is 1.96. The minimum Gasteiger partial charge on any atom is -0.398 e. The third kappa shape index (κ3) is 2.96. The zero-order valence-corrected chi connectivity index (χ0v) is 11.1. The molecule has 100 valence electrons. The first-order valence-electron chi connectivity index (χ1n) is 6.27. The molecule has 1 atom stereocenters. The number of anilines is 1. The standard InChI is InChI=1S/C16H15N3O/c1-11(14-4-2-3-5-15(14)18)19-16(20)13-8-6-12(10-17)7-9-13/h2-9,11H,18H2,1H3,(H,19,20). The van der Waals surface area contributed by atoms with Crippen molar-refractivity contribution in [3.05, 3.63) is 65.2 Å². The highest BCUT2D eigenvalue weighted by Gasteiger charge is 2.13. The van der Waals surface area contributed by atoms with E-state index >= 15 is 0 Å². The van der Waals surface area contributed by atoms with Crippen LogP contribution < -0.4 is 11.1 Å². The summed E-state index contributed by atoms with van der Waals surface area (Å²) in [5.74, 6) is -0.190. The molecule has 0 fully saturated rings. The van der Waals surface area contributed by atoms with Crippen LogP contribution in [0.4, 0.5) is 5.69 Å². The number of hydrogen-bond acceptors (Lipinski definition) is 3. The summed E-state index contributed by atoms with van der Waals surface area (Å²) in [6.07, 6.45) is 0. The zero-order valence-electron chi connectivity index (χ0n) is 11.1. The number of carbonyl (C=O) groups is 1. The van der Waals surface area contributed by atoms with Crippen molar-refractivity contribution in [2.24, 2.45) is 0 Å². The van der Waals surface area contributed by atoms with Crippen LogP contribution in [0.5, 0.6) is 0 Å². The molecular weight excluding hydrogens is 250 g/mol. The summed E-state index contributed by atoms with van der Waals surface area (Å²) in [4.78, 5) is 12.1. The average Bonchev–Trinajstić information content (AvgIpc) is 2.47. The molecule has 0 heterocycles. The lowest BCUT2D eigenvalue weighted by molar-refractivity contribution is 0.0940. The minimum atomic E-state index is -0.190. The van der Waals surface area contributed by atoms with E-state index in [1.165, 1.54) is 0 Å². The van der Waals surface area contributed by atoms with Crippen LogP contribution in [-0.2, 0) is 0 Å². The van der Waals surface area contributed by atoms with E-state index in [2.05, 4.69) is 5.32 Å². The Balaban J connectivity index is 2.11. The van der Waals surface area contributed by atoms with Crippen molar-refractivity contribution in [1.29, 1.82) is 5.26 Å². The smallest absolute Gasteiger partial charge is 0.251 e. The highest BCUT2D eigenvalue weighted by atomic mass is 16.1. The molecule has 3 N–H and O–H groups in total. The molecule has 1 amide bonds. The van der Waals surface area contributed by atoms with Crippen molar-refractivity contribution >= 4 is 11.6 Å². The average molecular weight is 265 g/mol. The summed E-state index contributed by atoms with van der Waals surface area (Å²) in [6.45, 7) is 1.88. The monoisotopic (exact) mass is 265 g/mol. The first kappa shape index (κ1) is 13.6. The van der Waals surface area contributed by atoms with Gasteiger partial charge < -0.3 is 11.1 Å². The van der Waals surface area contributed by atoms with E-state index in [1.807, 2.05) is 31.2 Å². The predicted molar refractivity (Wildman–Crippen MR) is 77.9 cm³/mol. The molecule has 0 bridgehead atoms. The van der Waals surface area contributed by atoms with Gasteiger partial charge in [-0.05, 0) is 42.8 Å². The van der Waals surface area contributed by atoms with E-state index in [9.17, 15) is 4.79 Å². The summed E-state index contributed by atoms with van der Waals surface area (Å²) in [6, 6.07) is 15.8. The number of carbonyl (C=O) groups excluding carboxylic acids is 1. The summed E-state index contributed by atoms with van der Waals surface area (Å²) in [5.41, 5.74) is 8.47. The molecule has 0 aliphatic carbocycles. The predicted octanol–water partition coefficient (Wildman–Crippen LogP) is 2.63. The molecule has 0 saturated heterocycles. The van der Waals surface area contributed by atoms with Gasteiger partial charge in [0.25, 0.3) is 5.91 Å². The number of nitrogens with two attached hydrogens (primary N) is 1. The van der Waals surface area contributed by atoms with Crippen LogP contribution in [0.15, 0.2) is 48.5 Å². The molecule has 4 heteroatoms. The Morgan fingerprint density at radius 1 is 1.20 bits per heavy atom. The highest BCUT2D eigenvalue weighted by molar-refractivity contribution is 5.94. The molecule has 20 heavy (non-hydrogen) atoms. The molecule has 4 nitrogen and oxygen atoms in total. The lowest BCUT2D eigenvalue weighted by atomic mass is 10.1. The van der Waals surface area contributed by atoms with Crippen LogP contribution >= 0.6 is 0 Å². The largest absolute Gasteiger partial charge is 0.398 e. The first-order valence-corrected chi connectivity index (χ1v) is 6.27. The van der Waals surface area contributed by atoms with Crippen LogP contribution in [0.1, 0.15) is 34.5 Å². The number of para-hydroxylation sites is 1. The number of benzene rings is 2. The van der Waals surface area contributed by atoms with Gasteiger partial charge in [-0.3, -0.25) is 4.79 Å². The Bertz CT molecular complexity index is 656. The quantitative estimate of drug-likeness (QED) is 0.837. The van der Waals surface area contributed by atoms with Crippen LogP contribution in [0.25, 0.3) is 0 Å². The Morgan fingerprint density at radius 3 is 2.45 bits per heavy atom. The summed E-state index contributed by atoms with van der Waals surface area (Å²) >= 11 is 0. The molecule has 0 aliphatic heterocycles. The van der Waals surface area contributed by atoms with E-state index in [-0.39, 0.29) is 11.9 Å². The fourth-order valence-corrected chi connectivity index (χ4v) is 1.96. The molecule has 0 aromatic heterocycles. The van der Waals surface area contributed by atoms with Crippen LogP contribution in [0, 0.1) is 11.3 Å². The molecule has 0 aliphatic rings. The number of nitrogens with one attached hydrogen (secondary N) is 1. The normalized spacial score (nSPS) is 11.4. The minimum absolute atomic E-state index is 0.181. The molecule has 0 saturated carbocycles. The van der Waals surface area contributed by atoms with Crippen molar-refractivity contribution in [2.75, 3.05) is 5.73 Å². The summed E-state index contributed by atoms with van der Waals surface area (Å²) < 4.78 is 0. The first-order chi connectivity index (χ1) is 9.61. The molecule has 2 aromatic carbocycles. The van der Waals surface area contributed by atoms with Gasteiger partial charge in [-0.15, -0.1) is 0 Å². The van der Waals surface area contributed by atoms with Crippen molar-refractivity contribution in [3.8, 4) is 6.07 Å². The van der Waals surface area contributed by atoms with Crippen LogP contribution in [0.2, 0.25) is 0 Å². The van der Waals surface area contributed by atoms with Gasteiger partial charge >= 0.3 is 0 Å². The maximum absolute atomic E-state index is 12.1. The molecular formula is C16H15N3O. The molecule has 1 unspecified atom stereocenters. The van der Waals surface area contributed by atoms with Crippen molar-refractivity contribution < 1.29 is 4.79 Å². The van der Waals surface area contributed by atoms with Gasteiger partial charge in [0, 0.05) is 11.3 Å². The zero-order chi connectivity index (χ0) is 14.5. The van der Waals surface area contributed by atoms with Gasteiger partial charge in [0.1, 0.15) is 0 Å². The Hall–Kier alpha value is -2.80. The second-order valence-corrected chi connectivity index (χ2v) is 4.51. The van der Waals surface area contributed by atoms with Gasteiger partial charge in [0.05, 0.1) is 17.7 Å². The maximum atomic E-state index is 12.1. The lowest BCUT2D eigenvalue weighted by Gasteiger charge is -2.16. The lowest BCUT2D eigenvalue weighted by Crippen LogP contribution is -2.27. The molecule has 2 rings (SSSR count). The van der Waals surface area contributed by atoms with E-state index in [4.69, 9.17) is 11.0 Å². The summed E-state index contributed by atoms with van der Waals surface area (Å²) in [5, 5.41) is 11.6. The van der Waals surface area contributed by atoms with E-state index in [0.717, 1.165) is 5.56 Å². The Labute approximate surface area is 117 Å². The van der Waals surface area contributed by atoms with Gasteiger partial charge in [-0.25, -0.2) is 0 Å². The number of hydrogen-bond donors (Lipinski definition) is 2. The Morgan fingerprint density at radius 2 is 1.85 bits per heavy atom. The van der Waals surface area contributed by atoms with Gasteiger partial charge in [-0.1, -0.05) is 18.2 Å². The van der Waals surface area contributed by atoms with Gasteiger partial charge in [-0.2, -0.15) is 5.26 Å². The SMILES string of the molecule is CC(NC(=O)c1ccc(C#N)cc1)c1ccccc1N. The third-order valence-electron chi connectivity index (χ3n) is 3.09. The van der Waals surface area contributed by atoms with E-state index < -0.39 is 0 Å². The van der Waals surface area contributed by atoms with Crippen LogP contribution in [-0.4, -0.2) is 5.91 Å². The van der Waals surface area contributed by atoms with Crippen molar-refractivity contribution in [2.45, 2.75) is 13.0 Å². The van der Waals surface area contributed by atoms with Crippen molar-refractivity contribution in [3.63, 3.8) is 0 Å². The van der Waals surface area contributed by atoms with E-state index in [0.29, 0.717) is 16.8 Å². The topological polar surface area (TPSA) is 78.9 Å². The van der Waals surface area contributed by atoms with E-state index in [1.54, 1.807) is 30.3 Å². The second-order valence-electron chi connectivity index (χ2n) is 4.51. The number of nitrogens with zero attached hydrogens (tertiary/aromatic N) is 1. The number of amides is 1. The highest BCUT2D eigenvalue weighted by Crippen LogP contribution is 2.19. The molecule has 0 radical (unpaired) electrons. The maximum Gasteiger partial charge on any atom is 0.251 e. The Kier molecular flexibility index (Phi) is 4.02. The molecule has 0 spiro atoms. The van der Waals surface area contributed by atoms with Crippen LogP contribution in [0.3, 0.4) is 0 Å². The summed E-state index contributed by atoms with van der Waals surface area (Å²) in [7, 11) is 0. The van der Waals surface area contributed by atoms with Crippen molar-refractivity contribution in [1.82, 2.24) is 5.32 Å². The third-order valence-corrected chi connectivity index (χ3v) is 3.09. The second kappa shape index (κ2) is 5.89.